The molecule has 0 spiro atoms. The molecule has 0 saturated carbocycles. The second-order valence-electron chi connectivity index (χ2n) is 4.33. The molecule has 0 bridgehead atoms. The fourth-order valence-electron chi connectivity index (χ4n) is 2.08. The molecule has 19 heavy (non-hydrogen) atoms. The van der Waals surface area contributed by atoms with Gasteiger partial charge >= 0.3 is 12.1 Å². The van der Waals surface area contributed by atoms with Crippen LogP contribution in [0.25, 0.3) is 0 Å². The van der Waals surface area contributed by atoms with Crippen LogP contribution in [0.2, 0.25) is 0 Å². The maximum atomic E-state index is 12.6. The van der Waals surface area contributed by atoms with E-state index in [1.54, 1.807) is 4.90 Å². The van der Waals surface area contributed by atoms with Gasteiger partial charge in [0.25, 0.3) is 0 Å². The van der Waals surface area contributed by atoms with Crippen LogP contribution in [0.4, 0.5) is 19.0 Å². The predicted octanol–water partition coefficient (Wildman–Crippen LogP) is 2.10. The molecule has 7 heteroatoms. The van der Waals surface area contributed by atoms with E-state index in [0.29, 0.717) is 19.5 Å². The van der Waals surface area contributed by atoms with Crippen molar-refractivity contribution in [2.75, 3.05) is 25.1 Å². The first-order chi connectivity index (χ1) is 8.91. The van der Waals surface area contributed by atoms with Crippen LogP contribution in [0, 0.1) is 5.92 Å². The second-order valence-corrected chi connectivity index (χ2v) is 4.33. The number of alkyl halides is 3. The molecule has 0 aromatic carbocycles. The number of esters is 1. The zero-order valence-electron chi connectivity index (χ0n) is 10.3. The third-order valence-electron chi connectivity index (χ3n) is 3.07. The molecule has 1 aliphatic heterocycles. The first kappa shape index (κ1) is 13.6. The monoisotopic (exact) mass is 274 g/mol. The second kappa shape index (κ2) is 5.07. The molecule has 0 amide bonds. The van der Waals surface area contributed by atoms with Crippen molar-refractivity contribution in [1.29, 1.82) is 0 Å². The number of carbonyl (C=O) groups is 1. The number of halogens is 3. The average Bonchev–Trinajstić information content (AvgIpc) is 2.86. The number of aromatic nitrogens is 1. The number of nitrogens with zero attached hydrogens (tertiary/aromatic N) is 2. The summed E-state index contributed by atoms with van der Waals surface area (Å²) in [5.41, 5.74) is -0.925. The predicted molar refractivity (Wildman–Crippen MR) is 61.6 cm³/mol. The minimum Gasteiger partial charge on any atom is -0.469 e. The minimum atomic E-state index is -4.46. The minimum absolute atomic E-state index is 0.237. The third kappa shape index (κ3) is 2.97. The number of hydrogen-bond donors (Lipinski definition) is 0. The first-order valence-corrected chi connectivity index (χ1v) is 5.79. The Labute approximate surface area is 108 Å². The Morgan fingerprint density at radius 2 is 2.21 bits per heavy atom. The van der Waals surface area contributed by atoms with Crippen LogP contribution in [-0.4, -0.2) is 31.2 Å². The standard InChI is InChI=1S/C12H13F3N2O2/c1-19-11(18)8-5-6-17(7-8)10-4-2-3-9(16-10)12(13,14)15/h2-4,8H,5-7H2,1H3. The van der Waals surface area contributed by atoms with Gasteiger partial charge in [-0.2, -0.15) is 13.2 Å². The summed E-state index contributed by atoms with van der Waals surface area (Å²) >= 11 is 0. The SMILES string of the molecule is COC(=O)C1CCN(c2cccc(C(F)(F)F)n2)C1. The molecule has 0 radical (unpaired) electrons. The van der Waals surface area contributed by atoms with Crippen LogP contribution in [0.1, 0.15) is 12.1 Å². The van der Waals surface area contributed by atoms with Gasteiger partial charge in [0.1, 0.15) is 11.5 Å². The number of methoxy groups -OCH3 is 1. The van der Waals surface area contributed by atoms with Gasteiger partial charge in [-0.25, -0.2) is 4.98 Å². The van der Waals surface area contributed by atoms with Crippen molar-refractivity contribution in [1.82, 2.24) is 4.98 Å². The van der Waals surface area contributed by atoms with Crippen LogP contribution in [0.15, 0.2) is 18.2 Å². The van der Waals surface area contributed by atoms with E-state index in [1.807, 2.05) is 0 Å². The summed E-state index contributed by atoms with van der Waals surface area (Å²) in [5, 5.41) is 0. The van der Waals surface area contributed by atoms with Crippen LogP contribution >= 0.6 is 0 Å². The van der Waals surface area contributed by atoms with Gasteiger partial charge in [0.05, 0.1) is 13.0 Å². The molecular formula is C12H13F3N2O2. The number of pyridine rings is 1. The number of hydrogen-bond acceptors (Lipinski definition) is 4. The van der Waals surface area contributed by atoms with Crippen LogP contribution in [0.5, 0.6) is 0 Å². The van der Waals surface area contributed by atoms with Gasteiger partial charge in [-0.3, -0.25) is 4.79 Å². The maximum Gasteiger partial charge on any atom is 0.433 e. The molecule has 2 rings (SSSR count). The summed E-state index contributed by atoms with van der Waals surface area (Å²) in [6.45, 7) is 0.828. The lowest BCUT2D eigenvalue weighted by Gasteiger charge is -2.18. The molecule has 1 aromatic heterocycles. The zero-order valence-corrected chi connectivity index (χ0v) is 10.3. The normalized spacial score (nSPS) is 19.6. The molecule has 1 saturated heterocycles. The highest BCUT2D eigenvalue weighted by Gasteiger charge is 2.34. The Hall–Kier alpha value is -1.79. The molecular weight excluding hydrogens is 261 g/mol. The number of carbonyl (C=O) groups excluding carboxylic acids is 1. The van der Waals surface area contributed by atoms with Crippen molar-refractivity contribution >= 4 is 11.8 Å². The Balaban J connectivity index is 2.14. The highest BCUT2D eigenvalue weighted by Crippen LogP contribution is 2.30. The number of rotatable bonds is 2. The smallest absolute Gasteiger partial charge is 0.433 e. The molecule has 1 aromatic rings. The maximum absolute atomic E-state index is 12.6. The summed E-state index contributed by atoms with van der Waals surface area (Å²) < 4.78 is 42.3. The molecule has 104 valence electrons. The zero-order chi connectivity index (χ0) is 14.0. The molecule has 1 unspecified atom stereocenters. The van der Waals surface area contributed by atoms with Crippen molar-refractivity contribution in [3.63, 3.8) is 0 Å². The van der Waals surface area contributed by atoms with E-state index in [0.717, 1.165) is 6.07 Å². The highest BCUT2D eigenvalue weighted by atomic mass is 19.4. The van der Waals surface area contributed by atoms with Crippen molar-refractivity contribution in [2.24, 2.45) is 5.92 Å². The van der Waals surface area contributed by atoms with Gasteiger partial charge in [0.2, 0.25) is 0 Å². The van der Waals surface area contributed by atoms with Crippen molar-refractivity contribution in [3.05, 3.63) is 23.9 Å². The molecule has 4 nitrogen and oxygen atoms in total. The van der Waals surface area contributed by atoms with E-state index in [4.69, 9.17) is 0 Å². The molecule has 1 aliphatic rings. The third-order valence-corrected chi connectivity index (χ3v) is 3.07. The van der Waals surface area contributed by atoms with Gasteiger partial charge in [0.15, 0.2) is 0 Å². The lowest BCUT2D eigenvalue weighted by Crippen LogP contribution is -2.25. The highest BCUT2D eigenvalue weighted by molar-refractivity contribution is 5.74. The summed E-state index contributed by atoms with van der Waals surface area (Å²) in [4.78, 5) is 16.6. The quantitative estimate of drug-likeness (QED) is 0.775. The van der Waals surface area contributed by atoms with Gasteiger partial charge in [-0.05, 0) is 18.6 Å². The lowest BCUT2D eigenvalue weighted by molar-refractivity contribution is -0.144. The van der Waals surface area contributed by atoms with Gasteiger partial charge < -0.3 is 9.64 Å². The number of ether oxygens (including phenoxy) is 1. The summed E-state index contributed by atoms with van der Waals surface area (Å²) in [7, 11) is 1.30. The topological polar surface area (TPSA) is 42.4 Å². The average molecular weight is 274 g/mol. The Kier molecular flexibility index (Phi) is 3.64. The fourth-order valence-corrected chi connectivity index (χ4v) is 2.08. The Bertz CT molecular complexity index is 476. The van der Waals surface area contributed by atoms with Crippen molar-refractivity contribution in [2.45, 2.75) is 12.6 Å². The van der Waals surface area contributed by atoms with Gasteiger partial charge in [-0.15, -0.1) is 0 Å². The summed E-state index contributed by atoms with van der Waals surface area (Å²) in [6, 6.07) is 3.75. The molecule has 0 N–H and O–H groups in total. The van der Waals surface area contributed by atoms with Crippen LogP contribution < -0.4 is 4.90 Å². The van der Waals surface area contributed by atoms with E-state index in [2.05, 4.69) is 9.72 Å². The van der Waals surface area contributed by atoms with E-state index in [-0.39, 0.29) is 17.7 Å². The largest absolute Gasteiger partial charge is 0.469 e. The number of anilines is 1. The van der Waals surface area contributed by atoms with Crippen LogP contribution in [0.3, 0.4) is 0 Å². The lowest BCUT2D eigenvalue weighted by atomic mass is 10.1. The molecule has 2 heterocycles. The van der Waals surface area contributed by atoms with E-state index in [1.165, 1.54) is 19.2 Å². The first-order valence-electron chi connectivity index (χ1n) is 5.79. The molecule has 0 aliphatic carbocycles. The fraction of sp³-hybridized carbons (Fsp3) is 0.500. The van der Waals surface area contributed by atoms with Gasteiger partial charge in [-0.1, -0.05) is 6.07 Å². The van der Waals surface area contributed by atoms with Crippen molar-refractivity contribution in [3.8, 4) is 0 Å². The van der Waals surface area contributed by atoms with E-state index in [9.17, 15) is 18.0 Å². The van der Waals surface area contributed by atoms with Crippen LogP contribution in [-0.2, 0) is 15.7 Å². The molecule has 1 atom stereocenters. The summed E-state index contributed by atoms with van der Waals surface area (Å²) in [6.07, 6.45) is -3.90. The Morgan fingerprint density at radius 3 is 2.84 bits per heavy atom. The van der Waals surface area contributed by atoms with Gasteiger partial charge in [0, 0.05) is 13.1 Å². The van der Waals surface area contributed by atoms with E-state index < -0.39 is 11.9 Å². The Morgan fingerprint density at radius 1 is 1.47 bits per heavy atom. The van der Waals surface area contributed by atoms with E-state index >= 15 is 0 Å². The molecule has 1 fully saturated rings. The van der Waals surface area contributed by atoms with Crippen molar-refractivity contribution < 1.29 is 22.7 Å². The summed E-state index contributed by atoms with van der Waals surface area (Å²) in [5.74, 6) is -0.406.